The number of hydrogen-bond acceptors (Lipinski definition) is 3. The number of rotatable bonds is 6. The Labute approximate surface area is 90.8 Å². The number of esters is 1. The zero-order valence-corrected chi connectivity index (χ0v) is 9.53. The molecule has 0 amide bonds. The maximum absolute atomic E-state index is 11.5. The number of ketones is 1. The van der Waals surface area contributed by atoms with Gasteiger partial charge in [-0.05, 0) is 20.8 Å². The molecule has 0 N–H and O–H groups in total. The van der Waals surface area contributed by atoms with E-state index in [0.29, 0.717) is 0 Å². The highest BCUT2D eigenvalue weighted by Crippen LogP contribution is 2.08. The average molecular weight is 210 g/mol. The standard InChI is InChI=1S/C12H18O3/c1-4-6-8-15-12(14)11(7-5-2)9-10(3)13/h4-7,11H,8-9H2,1-3H3/b6-4+,7-5+. The molecule has 0 spiro atoms. The average Bonchev–Trinajstić information content (AvgIpc) is 2.17. The van der Waals surface area contributed by atoms with Gasteiger partial charge in [-0.25, -0.2) is 0 Å². The van der Waals surface area contributed by atoms with Gasteiger partial charge in [-0.2, -0.15) is 0 Å². The smallest absolute Gasteiger partial charge is 0.313 e. The van der Waals surface area contributed by atoms with Crippen molar-refractivity contribution in [2.75, 3.05) is 6.61 Å². The Balaban J connectivity index is 4.22. The summed E-state index contributed by atoms with van der Waals surface area (Å²) in [5.41, 5.74) is 0. The van der Waals surface area contributed by atoms with Crippen molar-refractivity contribution < 1.29 is 14.3 Å². The molecule has 1 unspecified atom stereocenters. The molecular weight excluding hydrogens is 192 g/mol. The topological polar surface area (TPSA) is 43.4 Å². The van der Waals surface area contributed by atoms with Crippen LogP contribution in [0.5, 0.6) is 0 Å². The van der Waals surface area contributed by atoms with Gasteiger partial charge in [0, 0.05) is 6.42 Å². The lowest BCUT2D eigenvalue weighted by Crippen LogP contribution is -2.18. The van der Waals surface area contributed by atoms with Crippen molar-refractivity contribution in [3.05, 3.63) is 24.3 Å². The second-order valence-electron chi connectivity index (χ2n) is 3.24. The van der Waals surface area contributed by atoms with E-state index in [1.807, 2.05) is 19.9 Å². The maximum atomic E-state index is 11.5. The quantitative estimate of drug-likeness (QED) is 0.499. The molecule has 1 atom stereocenters. The number of carbonyl (C=O) groups excluding carboxylic acids is 2. The van der Waals surface area contributed by atoms with Crippen molar-refractivity contribution in [1.29, 1.82) is 0 Å². The molecule has 0 aromatic heterocycles. The fourth-order valence-electron chi connectivity index (χ4n) is 1.11. The van der Waals surface area contributed by atoms with Crippen molar-refractivity contribution in [3.63, 3.8) is 0 Å². The third-order valence-electron chi connectivity index (χ3n) is 1.79. The van der Waals surface area contributed by atoms with E-state index in [1.165, 1.54) is 6.92 Å². The van der Waals surface area contributed by atoms with Crippen LogP contribution in [0.25, 0.3) is 0 Å². The van der Waals surface area contributed by atoms with Crippen LogP contribution in [0.1, 0.15) is 27.2 Å². The highest BCUT2D eigenvalue weighted by atomic mass is 16.5. The molecule has 0 saturated heterocycles. The monoisotopic (exact) mass is 210 g/mol. The molecule has 0 aliphatic rings. The highest BCUT2D eigenvalue weighted by molar-refractivity contribution is 5.84. The molecule has 0 heterocycles. The zero-order chi connectivity index (χ0) is 11.7. The molecular formula is C12H18O3. The van der Waals surface area contributed by atoms with E-state index in [2.05, 4.69) is 0 Å². The van der Waals surface area contributed by atoms with Crippen LogP contribution in [0, 0.1) is 5.92 Å². The number of allylic oxidation sites excluding steroid dienone is 2. The molecule has 15 heavy (non-hydrogen) atoms. The van der Waals surface area contributed by atoms with Crippen LogP contribution in [0.4, 0.5) is 0 Å². The van der Waals surface area contributed by atoms with Gasteiger partial charge in [0.25, 0.3) is 0 Å². The number of Topliss-reactive ketones (excluding diaryl/α,β-unsaturated/α-hetero) is 1. The van der Waals surface area contributed by atoms with Crippen LogP contribution in [-0.2, 0) is 14.3 Å². The Bertz CT molecular complexity index is 264. The minimum atomic E-state index is -0.447. The summed E-state index contributed by atoms with van der Waals surface area (Å²) in [5, 5.41) is 0. The molecule has 0 aliphatic heterocycles. The Morgan fingerprint density at radius 3 is 2.40 bits per heavy atom. The van der Waals surface area contributed by atoms with Crippen LogP contribution in [0.3, 0.4) is 0 Å². The molecule has 84 valence electrons. The van der Waals surface area contributed by atoms with Crippen molar-refractivity contribution in [2.45, 2.75) is 27.2 Å². The summed E-state index contributed by atoms with van der Waals surface area (Å²) in [6.07, 6.45) is 7.21. The summed E-state index contributed by atoms with van der Waals surface area (Å²) in [6, 6.07) is 0. The predicted octanol–water partition coefficient (Wildman–Crippen LogP) is 2.28. The highest BCUT2D eigenvalue weighted by Gasteiger charge is 2.17. The molecule has 0 rings (SSSR count). The summed E-state index contributed by atoms with van der Waals surface area (Å²) in [4.78, 5) is 22.4. The first kappa shape index (κ1) is 13.6. The van der Waals surface area contributed by atoms with Crippen LogP contribution in [-0.4, -0.2) is 18.4 Å². The third-order valence-corrected chi connectivity index (χ3v) is 1.79. The molecule has 0 aliphatic carbocycles. The molecule has 0 bridgehead atoms. The summed E-state index contributed by atoms with van der Waals surface area (Å²) in [5.74, 6) is -0.805. The Hall–Kier alpha value is -1.38. The minimum absolute atomic E-state index is 0.0129. The van der Waals surface area contributed by atoms with Gasteiger partial charge in [-0.3, -0.25) is 9.59 Å². The van der Waals surface area contributed by atoms with Gasteiger partial charge in [0.15, 0.2) is 0 Å². The third kappa shape index (κ3) is 6.66. The molecule has 0 saturated carbocycles. The summed E-state index contributed by atoms with van der Waals surface area (Å²) >= 11 is 0. The SMILES string of the molecule is C/C=C/COC(=O)C(/C=C/C)CC(C)=O. The Morgan fingerprint density at radius 1 is 1.27 bits per heavy atom. The first-order chi connectivity index (χ1) is 7.11. The number of hydrogen-bond donors (Lipinski definition) is 0. The van der Waals surface area contributed by atoms with Gasteiger partial charge in [-0.15, -0.1) is 0 Å². The van der Waals surface area contributed by atoms with E-state index >= 15 is 0 Å². The van der Waals surface area contributed by atoms with Crippen LogP contribution < -0.4 is 0 Å². The van der Waals surface area contributed by atoms with E-state index in [0.717, 1.165) is 0 Å². The van der Waals surface area contributed by atoms with Gasteiger partial charge in [0.05, 0.1) is 5.92 Å². The first-order valence-corrected chi connectivity index (χ1v) is 5.01. The fraction of sp³-hybridized carbons (Fsp3) is 0.500. The zero-order valence-electron chi connectivity index (χ0n) is 9.53. The van der Waals surface area contributed by atoms with Crippen LogP contribution >= 0.6 is 0 Å². The second kappa shape index (κ2) is 7.97. The Morgan fingerprint density at radius 2 is 1.93 bits per heavy atom. The fourth-order valence-corrected chi connectivity index (χ4v) is 1.11. The molecule has 0 aromatic carbocycles. The lowest BCUT2D eigenvalue weighted by molar-refractivity contribution is -0.146. The van der Waals surface area contributed by atoms with Crippen molar-refractivity contribution >= 4 is 11.8 Å². The minimum Gasteiger partial charge on any atom is -0.461 e. The first-order valence-electron chi connectivity index (χ1n) is 5.01. The molecule has 0 fully saturated rings. The van der Waals surface area contributed by atoms with E-state index in [4.69, 9.17) is 4.74 Å². The summed E-state index contributed by atoms with van der Waals surface area (Å²) in [7, 11) is 0. The lowest BCUT2D eigenvalue weighted by Gasteiger charge is -2.09. The van der Waals surface area contributed by atoms with Crippen molar-refractivity contribution in [3.8, 4) is 0 Å². The van der Waals surface area contributed by atoms with Gasteiger partial charge in [0.1, 0.15) is 12.4 Å². The summed E-state index contributed by atoms with van der Waals surface area (Å²) < 4.78 is 4.97. The van der Waals surface area contributed by atoms with E-state index in [9.17, 15) is 9.59 Å². The predicted molar refractivity (Wildman–Crippen MR) is 59.4 cm³/mol. The van der Waals surface area contributed by atoms with E-state index in [1.54, 1.807) is 18.2 Å². The Kier molecular flexibility index (Phi) is 7.24. The number of ether oxygens (including phenoxy) is 1. The molecule has 0 radical (unpaired) electrons. The molecule has 3 heteroatoms. The van der Waals surface area contributed by atoms with Gasteiger partial charge in [-0.1, -0.05) is 24.3 Å². The van der Waals surface area contributed by atoms with E-state index < -0.39 is 5.92 Å². The molecule has 0 aromatic rings. The second-order valence-corrected chi connectivity index (χ2v) is 3.24. The summed E-state index contributed by atoms with van der Waals surface area (Å²) in [6.45, 7) is 5.40. The van der Waals surface area contributed by atoms with Crippen LogP contribution in [0.15, 0.2) is 24.3 Å². The maximum Gasteiger partial charge on any atom is 0.313 e. The normalized spacial score (nSPS) is 13.3. The van der Waals surface area contributed by atoms with Crippen molar-refractivity contribution in [1.82, 2.24) is 0 Å². The molecule has 3 nitrogen and oxygen atoms in total. The van der Waals surface area contributed by atoms with E-state index in [-0.39, 0.29) is 24.8 Å². The van der Waals surface area contributed by atoms with Gasteiger partial charge < -0.3 is 4.74 Å². The van der Waals surface area contributed by atoms with Gasteiger partial charge >= 0.3 is 5.97 Å². The lowest BCUT2D eigenvalue weighted by atomic mass is 10.0. The van der Waals surface area contributed by atoms with Gasteiger partial charge in [0.2, 0.25) is 0 Å². The number of carbonyl (C=O) groups is 2. The van der Waals surface area contributed by atoms with Crippen LogP contribution in [0.2, 0.25) is 0 Å². The largest absolute Gasteiger partial charge is 0.461 e. The van der Waals surface area contributed by atoms with Crippen molar-refractivity contribution in [2.24, 2.45) is 5.92 Å².